The molecule has 0 saturated carbocycles. The summed E-state index contributed by atoms with van der Waals surface area (Å²) in [7, 11) is 4.03. The van der Waals surface area contributed by atoms with Crippen molar-refractivity contribution in [2.24, 2.45) is 7.05 Å². The fourth-order valence-electron chi connectivity index (χ4n) is 3.59. The largest absolute Gasteiger partial charge is 0.438 e. The maximum atomic E-state index is 6.12. The number of fused-ring (bicyclic) bond motifs is 4. The van der Waals surface area contributed by atoms with E-state index in [2.05, 4.69) is 54.0 Å². The Morgan fingerprint density at radius 1 is 1.04 bits per heavy atom. The average Bonchev–Trinajstić information content (AvgIpc) is 3.13. The van der Waals surface area contributed by atoms with Crippen molar-refractivity contribution in [2.45, 2.75) is 6.92 Å². The number of aryl methyl sites for hydroxylation is 2. The van der Waals surface area contributed by atoms with Crippen LogP contribution < -0.4 is 14.2 Å². The highest BCUT2D eigenvalue weighted by atomic mass is 16.5. The zero-order valence-corrected chi connectivity index (χ0v) is 15.0. The molecule has 5 rings (SSSR count). The van der Waals surface area contributed by atoms with Gasteiger partial charge in [0, 0.05) is 7.05 Å². The Morgan fingerprint density at radius 3 is 2.77 bits per heavy atom. The van der Waals surface area contributed by atoms with Crippen molar-refractivity contribution in [1.29, 1.82) is 0 Å². The lowest BCUT2D eigenvalue weighted by molar-refractivity contribution is -0.651. The molecule has 1 aliphatic rings. The Bertz CT molecular complexity index is 1200. The molecule has 0 atom stereocenters. The van der Waals surface area contributed by atoms with E-state index in [1.165, 1.54) is 16.3 Å². The predicted octanol–water partition coefficient (Wildman–Crippen LogP) is 4.55. The molecule has 0 unspecified atom stereocenters. The van der Waals surface area contributed by atoms with Gasteiger partial charge in [0.25, 0.3) is 5.52 Å². The number of ether oxygens (including phenoxy) is 1. The minimum Gasteiger partial charge on any atom is -0.438 e. The summed E-state index contributed by atoms with van der Waals surface area (Å²) >= 11 is 0. The van der Waals surface area contributed by atoms with E-state index in [0.717, 1.165) is 34.3 Å². The normalized spacial score (nSPS) is 15.0. The van der Waals surface area contributed by atoms with Crippen LogP contribution in [0, 0.1) is 6.92 Å². The zero-order valence-electron chi connectivity index (χ0n) is 15.0. The van der Waals surface area contributed by atoms with Crippen LogP contribution in [-0.4, -0.2) is 7.05 Å². The van der Waals surface area contributed by atoms with Crippen LogP contribution in [0.25, 0.3) is 27.9 Å². The summed E-state index contributed by atoms with van der Waals surface area (Å²) in [5, 5.41) is 2.38. The second kappa shape index (κ2) is 5.36. The van der Waals surface area contributed by atoms with Gasteiger partial charge in [-0.05, 0) is 42.1 Å². The minimum atomic E-state index is 0.753. The first kappa shape index (κ1) is 15.0. The van der Waals surface area contributed by atoms with E-state index in [4.69, 9.17) is 9.15 Å². The molecule has 0 bridgehead atoms. The molecule has 0 spiro atoms. The van der Waals surface area contributed by atoms with E-state index >= 15 is 0 Å². The Hall–Kier alpha value is -3.27. The highest BCUT2D eigenvalue weighted by molar-refractivity contribution is 6.01. The van der Waals surface area contributed by atoms with Gasteiger partial charge in [-0.25, -0.2) is 0 Å². The molecule has 4 nitrogen and oxygen atoms in total. The molecular formula is C22H19N2O2+. The lowest BCUT2D eigenvalue weighted by atomic mass is 10.1. The fourth-order valence-corrected chi connectivity index (χ4v) is 3.59. The standard InChI is InChI=1S/C22H19N2O2/c1-14-8-10-18-17(12-14)23(2)20(25-18)13-21-24(3)22-16-7-5-4-6-15(16)9-11-19(22)26-21/h4-13H,1-3H3/q+1. The molecule has 0 fully saturated rings. The maximum Gasteiger partial charge on any atom is 0.379 e. The first-order chi connectivity index (χ1) is 12.6. The summed E-state index contributed by atoms with van der Waals surface area (Å²) in [5.41, 5.74) is 4.23. The van der Waals surface area contributed by atoms with E-state index in [-0.39, 0.29) is 0 Å². The minimum absolute atomic E-state index is 0.753. The zero-order chi connectivity index (χ0) is 17.8. The van der Waals surface area contributed by atoms with Gasteiger partial charge >= 0.3 is 5.89 Å². The van der Waals surface area contributed by atoms with E-state index in [1.54, 1.807) is 0 Å². The number of benzene rings is 3. The third-order valence-electron chi connectivity index (χ3n) is 5.01. The van der Waals surface area contributed by atoms with Gasteiger partial charge < -0.3 is 14.1 Å². The quantitative estimate of drug-likeness (QED) is 0.475. The van der Waals surface area contributed by atoms with E-state index in [0.29, 0.717) is 0 Å². The van der Waals surface area contributed by atoms with Gasteiger partial charge in [-0.1, -0.05) is 30.3 Å². The van der Waals surface area contributed by atoms with Crippen LogP contribution in [0.1, 0.15) is 11.5 Å². The van der Waals surface area contributed by atoms with Crippen molar-refractivity contribution in [3.8, 4) is 5.75 Å². The monoisotopic (exact) mass is 343 g/mol. The van der Waals surface area contributed by atoms with Gasteiger partial charge in [0.05, 0.1) is 11.1 Å². The SMILES string of the molecule is Cc1ccc2c(c1)N(C)/C(=C/c1oc3ccc4ccccc4c3[n+]1C)O2. The van der Waals surface area contributed by atoms with E-state index in [9.17, 15) is 0 Å². The maximum absolute atomic E-state index is 6.12. The van der Waals surface area contributed by atoms with Gasteiger partial charge in [0.1, 0.15) is 13.1 Å². The van der Waals surface area contributed by atoms with Crippen molar-refractivity contribution in [2.75, 3.05) is 11.9 Å². The topological polar surface area (TPSA) is 29.5 Å². The summed E-state index contributed by atoms with van der Waals surface area (Å²) in [6, 6.07) is 18.7. The van der Waals surface area contributed by atoms with Gasteiger partial charge in [-0.15, -0.1) is 0 Å². The first-order valence-corrected chi connectivity index (χ1v) is 8.66. The van der Waals surface area contributed by atoms with Gasteiger partial charge in [-0.3, -0.25) is 0 Å². The second-order valence-corrected chi connectivity index (χ2v) is 6.75. The van der Waals surface area contributed by atoms with Gasteiger partial charge in [0.2, 0.25) is 11.5 Å². The van der Waals surface area contributed by atoms with Crippen molar-refractivity contribution >= 4 is 33.6 Å². The number of aromatic nitrogens is 1. The number of hydrogen-bond donors (Lipinski definition) is 0. The lowest BCUT2D eigenvalue weighted by Crippen LogP contribution is -2.30. The number of anilines is 1. The van der Waals surface area contributed by atoms with Crippen molar-refractivity contribution in [3.63, 3.8) is 0 Å². The molecule has 0 aliphatic carbocycles. The molecule has 128 valence electrons. The van der Waals surface area contributed by atoms with E-state index in [1.807, 2.05) is 37.2 Å². The predicted molar refractivity (Wildman–Crippen MR) is 103 cm³/mol. The van der Waals surface area contributed by atoms with Gasteiger partial charge in [0.15, 0.2) is 5.75 Å². The molecule has 26 heavy (non-hydrogen) atoms. The average molecular weight is 343 g/mol. The number of nitrogens with zero attached hydrogens (tertiary/aromatic N) is 2. The van der Waals surface area contributed by atoms with Crippen molar-refractivity contribution < 1.29 is 13.7 Å². The first-order valence-electron chi connectivity index (χ1n) is 8.66. The van der Waals surface area contributed by atoms with Crippen molar-refractivity contribution in [3.05, 3.63) is 71.9 Å². The fraction of sp³-hybridized carbons (Fsp3) is 0.136. The molecular weight excluding hydrogens is 324 g/mol. The molecule has 4 aromatic rings. The summed E-state index contributed by atoms with van der Waals surface area (Å²) in [4.78, 5) is 2.05. The smallest absolute Gasteiger partial charge is 0.379 e. The lowest BCUT2D eigenvalue weighted by Gasteiger charge is -2.09. The molecule has 0 N–H and O–H groups in total. The summed E-state index contributed by atoms with van der Waals surface area (Å²) in [6.45, 7) is 2.08. The molecule has 0 saturated heterocycles. The van der Waals surface area contributed by atoms with Crippen LogP contribution in [-0.2, 0) is 7.05 Å². The van der Waals surface area contributed by atoms with Gasteiger partial charge in [-0.2, -0.15) is 4.57 Å². The molecule has 1 aromatic heterocycles. The van der Waals surface area contributed by atoms with Crippen LogP contribution in [0.3, 0.4) is 0 Å². The third kappa shape index (κ3) is 2.12. The van der Waals surface area contributed by atoms with E-state index < -0.39 is 0 Å². The molecule has 4 heteroatoms. The summed E-state index contributed by atoms with van der Waals surface area (Å²) < 4.78 is 14.2. The van der Waals surface area contributed by atoms with Crippen LogP contribution in [0.4, 0.5) is 5.69 Å². The Morgan fingerprint density at radius 2 is 1.88 bits per heavy atom. The van der Waals surface area contributed by atoms with Crippen molar-refractivity contribution in [1.82, 2.24) is 0 Å². The number of hydrogen-bond acceptors (Lipinski definition) is 3. The molecule has 0 radical (unpaired) electrons. The molecule has 0 amide bonds. The summed E-state index contributed by atoms with van der Waals surface area (Å²) in [6.07, 6.45) is 1.95. The molecule has 1 aliphatic heterocycles. The highest BCUT2D eigenvalue weighted by Crippen LogP contribution is 2.39. The Balaban J connectivity index is 1.66. The molecule has 2 heterocycles. The number of oxazole rings is 1. The number of rotatable bonds is 1. The third-order valence-corrected chi connectivity index (χ3v) is 5.01. The van der Waals surface area contributed by atoms with Crippen LogP contribution in [0.15, 0.2) is 64.9 Å². The van der Waals surface area contributed by atoms with Crippen LogP contribution in [0.2, 0.25) is 0 Å². The summed E-state index contributed by atoms with van der Waals surface area (Å²) in [5.74, 6) is 2.38. The Kier molecular flexibility index (Phi) is 3.10. The highest BCUT2D eigenvalue weighted by Gasteiger charge is 2.27. The molecule has 3 aromatic carbocycles. The second-order valence-electron chi connectivity index (χ2n) is 6.75. The Labute approximate surface area is 151 Å². The van der Waals surface area contributed by atoms with Crippen LogP contribution in [0.5, 0.6) is 5.75 Å². The van der Waals surface area contributed by atoms with Crippen LogP contribution >= 0.6 is 0 Å².